The number of aliphatic hydroxyl groups excluding tert-OH is 3. The molecule has 1 radical (unpaired) electrons. The van der Waals surface area contributed by atoms with Gasteiger partial charge in [-0.2, -0.15) is 0 Å². The van der Waals surface area contributed by atoms with Gasteiger partial charge in [0, 0.05) is 61.3 Å². The normalized spacial score (nSPS) is 55.5. The molecule has 8 unspecified atom stereocenters. The Morgan fingerprint density at radius 1 is 1.04 bits per heavy atom. The average molecular weight is 609 g/mol. The van der Waals surface area contributed by atoms with E-state index in [1.807, 2.05) is 13.8 Å². The smallest absolute Gasteiger partial charge is 0.171 e. The molecule has 1 heterocycles. The average Bonchev–Trinajstić information content (AvgIpc) is 2.59. The number of carbonyl (C=O) groups excluding carboxylic acids is 1. The maximum absolute atomic E-state index is 13.5. The summed E-state index contributed by atoms with van der Waals surface area (Å²) < 4.78 is 6.14. The predicted molar refractivity (Wildman–Crippen MR) is 99.9 cm³/mol. The Hall–Kier alpha value is 0.652. The summed E-state index contributed by atoms with van der Waals surface area (Å²) >= 11 is 0. The molecule has 0 spiro atoms. The van der Waals surface area contributed by atoms with Crippen LogP contribution in [-0.4, -0.2) is 61.3 Å². The Morgan fingerprint density at radius 3 is 2.07 bits per heavy atom. The largest absolute Gasteiger partial charge is 0.392 e. The molecule has 157 valence electrons. The molecule has 0 aromatic heterocycles. The van der Waals surface area contributed by atoms with Crippen molar-refractivity contribution in [2.24, 2.45) is 16.2 Å². The van der Waals surface area contributed by atoms with Crippen LogP contribution in [0.4, 0.5) is 0 Å². The predicted octanol–water partition coefficient (Wildman–Crippen LogP) is 1.34. The van der Waals surface area contributed by atoms with Gasteiger partial charge in [0.25, 0.3) is 0 Å². The van der Waals surface area contributed by atoms with Gasteiger partial charge in [-0.25, -0.2) is 0 Å². The van der Waals surface area contributed by atoms with E-state index in [1.54, 1.807) is 20.8 Å². The van der Waals surface area contributed by atoms with Crippen molar-refractivity contribution in [3.63, 3.8) is 0 Å². The van der Waals surface area contributed by atoms with Crippen molar-refractivity contribution in [1.82, 2.24) is 0 Å². The molecule has 2 aliphatic carbocycles. The third-order valence-corrected chi connectivity index (χ3v) is 8.91. The maximum Gasteiger partial charge on any atom is 0.171 e. The number of hydrogen-bond donors (Lipinski definition) is 4. The van der Waals surface area contributed by atoms with Crippen LogP contribution in [0.5, 0.6) is 0 Å². The van der Waals surface area contributed by atoms with Crippen LogP contribution < -0.4 is 0 Å². The third-order valence-electron chi connectivity index (χ3n) is 8.91. The summed E-state index contributed by atoms with van der Waals surface area (Å²) in [5.41, 5.74) is -8.16. The van der Waals surface area contributed by atoms with Crippen molar-refractivity contribution in [3.8, 4) is 0 Å². The van der Waals surface area contributed by atoms with Gasteiger partial charge in [0.2, 0.25) is 0 Å². The van der Waals surface area contributed by atoms with Crippen LogP contribution in [0.15, 0.2) is 12.7 Å². The van der Waals surface area contributed by atoms with Crippen LogP contribution >= 0.6 is 0 Å². The number of carbonyl (C=O) groups is 1. The van der Waals surface area contributed by atoms with Crippen molar-refractivity contribution in [2.45, 2.75) is 95.9 Å². The fourth-order valence-electron chi connectivity index (χ4n) is 6.55. The first-order valence-corrected chi connectivity index (χ1v) is 9.73. The topological polar surface area (TPSA) is 107 Å². The quantitative estimate of drug-likeness (QED) is 0.335. The minimum atomic E-state index is -2.17. The van der Waals surface area contributed by atoms with E-state index in [0.29, 0.717) is 12.8 Å². The van der Waals surface area contributed by atoms with E-state index in [0.717, 1.165) is 0 Å². The summed E-state index contributed by atoms with van der Waals surface area (Å²) in [6.45, 7) is 14.2. The molecule has 7 heteroatoms. The van der Waals surface area contributed by atoms with Crippen molar-refractivity contribution in [3.05, 3.63) is 12.7 Å². The zero-order chi connectivity index (χ0) is 20.8. The SMILES string of the molecule is C=CC1(C)CC(=O)C2(O)C(C)(O1)C(O)C(O)C1(C)C(C)(C)CCC(O)C21C.[Ac]. The summed E-state index contributed by atoms with van der Waals surface area (Å²) in [5.74, 6) is -0.505. The maximum atomic E-state index is 13.5. The molecule has 3 fully saturated rings. The molecule has 6 nitrogen and oxygen atoms in total. The summed E-state index contributed by atoms with van der Waals surface area (Å²) in [6, 6.07) is 0. The van der Waals surface area contributed by atoms with E-state index in [1.165, 1.54) is 13.0 Å². The van der Waals surface area contributed by atoms with Crippen LogP contribution in [-0.2, 0) is 9.53 Å². The summed E-state index contributed by atoms with van der Waals surface area (Å²) in [6.07, 6.45) is -1.53. The minimum Gasteiger partial charge on any atom is -0.392 e. The molecular formula is C21H34AcO6. The summed E-state index contributed by atoms with van der Waals surface area (Å²) in [5, 5.41) is 45.6. The molecule has 0 aromatic carbocycles. The van der Waals surface area contributed by atoms with Crippen LogP contribution in [0.1, 0.15) is 60.8 Å². The Kier molecular flexibility index (Phi) is 6.07. The molecular weight excluding hydrogens is 575 g/mol. The molecule has 0 aromatic rings. The van der Waals surface area contributed by atoms with Gasteiger partial charge >= 0.3 is 0 Å². The van der Waals surface area contributed by atoms with E-state index in [-0.39, 0.29) is 50.5 Å². The zero-order valence-corrected chi connectivity index (χ0v) is 22.6. The van der Waals surface area contributed by atoms with E-state index in [9.17, 15) is 25.2 Å². The first kappa shape index (κ1) is 24.9. The van der Waals surface area contributed by atoms with Gasteiger partial charge in [0.15, 0.2) is 11.4 Å². The van der Waals surface area contributed by atoms with Gasteiger partial charge < -0.3 is 25.2 Å². The number of ketones is 1. The van der Waals surface area contributed by atoms with Crippen molar-refractivity contribution < 1.29 is 74.0 Å². The Balaban J connectivity index is 0.00000280. The number of fused-ring (bicyclic) bond motifs is 3. The van der Waals surface area contributed by atoms with E-state index in [2.05, 4.69) is 6.58 Å². The second kappa shape index (κ2) is 6.82. The first-order chi connectivity index (χ1) is 12.1. The fraction of sp³-hybridized carbons (Fsp3) is 0.857. The fourth-order valence-corrected chi connectivity index (χ4v) is 6.55. The second-order valence-corrected chi connectivity index (χ2v) is 10.3. The summed E-state index contributed by atoms with van der Waals surface area (Å²) in [7, 11) is 0. The molecule has 1 saturated heterocycles. The molecule has 28 heavy (non-hydrogen) atoms. The molecule has 0 amide bonds. The van der Waals surface area contributed by atoms with Gasteiger partial charge in [-0.15, -0.1) is 6.58 Å². The number of hydrogen-bond acceptors (Lipinski definition) is 6. The monoisotopic (exact) mass is 609 g/mol. The molecule has 1 aliphatic heterocycles. The molecule has 3 rings (SSSR count). The number of rotatable bonds is 1. The third kappa shape index (κ3) is 2.45. The van der Waals surface area contributed by atoms with Crippen molar-refractivity contribution in [2.75, 3.05) is 0 Å². The van der Waals surface area contributed by atoms with E-state index in [4.69, 9.17) is 4.74 Å². The Bertz CT molecular complexity index is 696. The van der Waals surface area contributed by atoms with E-state index < -0.39 is 57.1 Å². The minimum absolute atomic E-state index is 0. The molecule has 4 N–H and O–H groups in total. The van der Waals surface area contributed by atoms with Gasteiger partial charge in [-0.3, -0.25) is 4.79 Å². The van der Waals surface area contributed by atoms with Crippen LogP contribution in [0.3, 0.4) is 0 Å². The number of aliphatic hydroxyl groups is 4. The van der Waals surface area contributed by atoms with Crippen LogP contribution in [0.2, 0.25) is 0 Å². The van der Waals surface area contributed by atoms with Crippen molar-refractivity contribution >= 4 is 5.78 Å². The Labute approximate surface area is 203 Å². The van der Waals surface area contributed by atoms with Gasteiger partial charge in [0.05, 0.1) is 17.8 Å². The Morgan fingerprint density at radius 2 is 1.57 bits per heavy atom. The zero-order valence-electron chi connectivity index (χ0n) is 17.8. The second-order valence-electron chi connectivity index (χ2n) is 10.3. The van der Waals surface area contributed by atoms with E-state index >= 15 is 0 Å². The molecule has 8 atom stereocenters. The summed E-state index contributed by atoms with van der Waals surface area (Å²) in [4.78, 5) is 13.5. The van der Waals surface area contributed by atoms with Gasteiger partial charge in [-0.05, 0) is 32.1 Å². The van der Waals surface area contributed by atoms with Gasteiger partial charge in [-0.1, -0.05) is 33.8 Å². The molecule has 3 aliphatic rings. The van der Waals surface area contributed by atoms with Crippen LogP contribution in [0, 0.1) is 60.3 Å². The molecule has 0 bridgehead atoms. The number of Topliss-reactive ketones (excluding diaryl/α,β-unsaturated/α-hetero) is 1. The van der Waals surface area contributed by atoms with Crippen molar-refractivity contribution in [1.29, 1.82) is 0 Å². The number of ether oxygens (including phenoxy) is 1. The van der Waals surface area contributed by atoms with Crippen LogP contribution in [0.25, 0.3) is 0 Å². The standard InChI is InChI=1S/C21H34O6.Ac/c1-8-17(4)11-13(23)21(26)18(5)12(22)9-10-16(2,3)19(18,6)14(24)15(25)20(21,7)27-17;/h8,12,14-15,22,24-26H,1,9-11H2,2-7H3;. The first-order valence-electron chi connectivity index (χ1n) is 9.73. The van der Waals surface area contributed by atoms with Gasteiger partial charge in [0.1, 0.15) is 11.7 Å². The molecule has 2 saturated carbocycles.